The molecule has 0 bridgehead atoms. The fraction of sp³-hybridized carbons (Fsp3) is 0.308. The van der Waals surface area contributed by atoms with Crippen molar-refractivity contribution in [2.45, 2.75) is 45.4 Å². The number of ether oxygens (including phenoxy) is 1. The van der Waals surface area contributed by atoms with Gasteiger partial charge in [-0.25, -0.2) is 4.79 Å². The average Bonchev–Trinajstić information content (AvgIpc) is 2.77. The zero-order valence-corrected chi connectivity index (χ0v) is 17.1. The van der Waals surface area contributed by atoms with E-state index in [0.717, 1.165) is 36.0 Å². The lowest BCUT2D eigenvalue weighted by molar-refractivity contribution is -0.138. The Balaban J connectivity index is 2.05. The van der Waals surface area contributed by atoms with Gasteiger partial charge in [0, 0.05) is 0 Å². The molecular formula is C26H29NO2. The molecule has 0 unspecified atom stereocenters. The van der Waals surface area contributed by atoms with Crippen LogP contribution < -0.4 is 0 Å². The molecule has 0 spiro atoms. The van der Waals surface area contributed by atoms with Crippen molar-refractivity contribution in [3.63, 3.8) is 0 Å². The van der Waals surface area contributed by atoms with Crippen LogP contribution >= 0.6 is 0 Å². The van der Waals surface area contributed by atoms with E-state index in [-0.39, 0.29) is 5.57 Å². The van der Waals surface area contributed by atoms with Crippen LogP contribution in [-0.2, 0) is 9.53 Å². The Kier molecular flexibility index (Phi) is 10.0. The molecule has 0 atom stereocenters. The van der Waals surface area contributed by atoms with Crippen LogP contribution in [0.5, 0.6) is 0 Å². The molecule has 3 heteroatoms. The number of allylic oxidation sites excluding steroid dienone is 2. The second-order valence-corrected chi connectivity index (χ2v) is 6.91. The van der Waals surface area contributed by atoms with Gasteiger partial charge in [-0.05, 0) is 29.2 Å². The van der Waals surface area contributed by atoms with Gasteiger partial charge in [0.25, 0.3) is 0 Å². The van der Waals surface area contributed by atoms with E-state index in [9.17, 15) is 10.1 Å². The van der Waals surface area contributed by atoms with E-state index >= 15 is 0 Å². The highest BCUT2D eigenvalue weighted by atomic mass is 16.5. The summed E-state index contributed by atoms with van der Waals surface area (Å²) in [4.78, 5) is 12.3. The molecule has 0 aliphatic heterocycles. The SMILES string of the molecule is CCCCCCCCOC(=O)/C(C#N)=C\C=C(c1ccccc1)c1ccccc1. The van der Waals surface area contributed by atoms with Gasteiger partial charge in [0.05, 0.1) is 6.61 Å². The third kappa shape index (κ3) is 7.79. The van der Waals surface area contributed by atoms with Gasteiger partial charge < -0.3 is 4.74 Å². The summed E-state index contributed by atoms with van der Waals surface area (Å²) < 4.78 is 5.29. The largest absolute Gasteiger partial charge is 0.462 e. The number of carbonyl (C=O) groups excluding carboxylic acids is 1. The van der Waals surface area contributed by atoms with E-state index in [0.29, 0.717) is 6.61 Å². The van der Waals surface area contributed by atoms with E-state index < -0.39 is 5.97 Å². The van der Waals surface area contributed by atoms with Crippen LogP contribution in [0.25, 0.3) is 5.57 Å². The maximum absolute atomic E-state index is 12.3. The quantitative estimate of drug-likeness (QED) is 0.146. The monoisotopic (exact) mass is 387 g/mol. The fourth-order valence-electron chi connectivity index (χ4n) is 3.04. The number of hydrogen-bond acceptors (Lipinski definition) is 3. The first-order chi connectivity index (χ1) is 14.3. The number of rotatable bonds is 11. The number of nitriles is 1. The minimum atomic E-state index is -0.558. The van der Waals surface area contributed by atoms with Gasteiger partial charge in [-0.3, -0.25) is 0 Å². The van der Waals surface area contributed by atoms with Gasteiger partial charge in [0.2, 0.25) is 0 Å². The zero-order valence-electron chi connectivity index (χ0n) is 17.1. The van der Waals surface area contributed by atoms with Crippen molar-refractivity contribution in [2.75, 3.05) is 6.61 Å². The molecule has 150 valence electrons. The Morgan fingerprint density at radius 1 is 0.862 bits per heavy atom. The van der Waals surface area contributed by atoms with E-state index in [2.05, 4.69) is 6.92 Å². The molecule has 0 fully saturated rings. The number of carbonyl (C=O) groups is 1. The minimum Gasteiger partial charge on any atom is -0.462 e. The van der Waals surface area contributed by atoms with Crippen molar-refractivity contribution < 1.29 is 9.53 Å². The summed E-state index contributed by atoms with van der Waals surface area (Å²) in [5.74, 6) is -0.558. The van der Waals surface area contributed by atoms with E-state index in [1.165, 1.54) is 19.3 Å². The Bertz CT molecular complexity index is 804. The maximum atomic E-state index is 12.3. The number of hydrogen-bond donors (Lipinski definition) is 0. The molecule has 0 aliphatic rings. The lowest BCUT2D eigenvalue weighted by Gasteiger charge is -2.08. The summed E-state index contributed by atoms with van der Waals surface area (Å²) in [5.41, 5.74) is 3.00. The van der Waals surface area contributed by atoms with Crippen LogP contribution in [0.1, 0.15) is 56.6 Å². The number of nitrogens with zero attached hydrogens (tertiary/aromatic N) is 1. The molecule has 3 nitrogen and oxygen atoms in total. The van der Waals surface area contributed by atoms with Crippen LogP contribution in [0.4, 0.5) is 0 Å². The highest BCUT2D eigenvalue weighted by Gasteiger charge is 2.10. The molecule has 0 aliphatic carbocycles. The second kappa shape index (κ2) is 13.1. The number of benzene rings is 2. The molecule has 0 amide bonds. The van der Waals surface area contributed by atoms with Crippen molar-refractivity contribution in [2.24, 2.45) is 0 Å². The summed E-state index contributed by atoms with van der Waals surface area (Å²) in [6, 6.07) is 21.8. The van der Waals surface area contributed by atoms with E-state index in [1.807, 2.05) is 72.8 Å². The molecule has 0 heterocycles. The lowest BCUT2D eigenvalue weighted by Crippen LogP contribution is -2.08. The van der Waals surface area contributed by atoms with Crippen LogP contribution in [-0.4, -0.2) is 12.6 Å². The smallest absolute Gasteiger partial charge is 0.348 e. The van der Waals surface area contributed by atoms with Crippen LogP contribution in [0.2, 0.25) is 0 Å². The van der Waals surface area contributed by atoms with E-state index in [1.54, 1.807) is 6.08 Å². The zero-order chi connectivity index (χ0) is 20.7. The second-order valence-electron chi connectivity index (χ2n) is 6.91. The Morgan fingerprint density at radius 2 is 1.41 bits per heavy atom. The molecule has 2 aromatic carbocycles. The molecule has 2 rings (SSSR count). The predicted molar refractivity (Wildman–Crippen MR) is 118 cm³/mol. The van der Waals surface area contributed by atoms with Crippen LogP contribution in [0.3, 0.4) is 0 Å². The maximum Gasteiger partial charge on any atom is 0.348 e. The van der Waals surface area contributed by atoms with Crippen molar-refractivity contribution in [3.05, 3.63) is 89.5 Å². The summed E-state index contributed by atoms with van der Waals surface area (Å²) in [5, 5.41) is 9.40. The third-order valence-corrected chi connectivity index (χ3v) is 4.66. The van der Waals surface area contributed by atoms with Gasteiger partial charge in [0.1, 0.15) is 11.6 Å². The number of esters is 1. The molecule has 29 heavy (non-hydrogen) atoms. The Labute approximate surface area is 174 Å². The first-order valence-corrected chi connectivity index (χ1v) is 10.4. The summed E-state index contributed by atoms with van der Waals surface area (Å²) in [6.07, 6.45) is 10.1. The molecule has 0 saturated heterocycles. The first kappa shape index (κ1) is 22.2. The molecule has 0 N–H and O–H groups in total. The fourth-order valence-corrected chi connectivity index (χ4v) is 3.04. The normalized spacial score (nSPS) is 10.8. The number of unbranched alkanes of at least 4 members (excludes halogenated alkanes) is 5. The molecule has 0 aromatic heterocycles. The summed E-state index contributed by atoms with van der Waals surface area (Å²) in [6.45, 7) is 2.55. The van der Waals surface area contributed by atoms with Gasteiger partial charge >= 0.3 is 5.97 Å². The topological polar surface area (TPSA) is 50.1 Å². The molecular weight excluding hydrogens is 358 g/mol. The Morgan fingerprint density at radius 3 is 1.97 bits per heavy atom. The van der Waals surface area contributed by atoms with Crippen molar-refractivity contribution in [1.82, 2.24) is 0 Å². The first-order valence-electron chi connectivity index (χ1n) is 10.4. The molecule has 0 saturated carbocycles. The van der Waals surface area contributed by atoms with Gasteiger partial charge in [-0.2, -0.15) is 5.26 Å². The van der Waals surface area contributed by atoms with Gasteiger partial charge in [0.15, 0.2) is 0 Å². The third-order valence-electron chi connectivity index (χ3n) is 4.66. The Hall–Kier alpha value is -3.12. The predicted octanol–water partition coefficient (Wildman–Crippen LogP) is 6.47. The minimum absolute atomic E-state index is 0.0142. The van der Waals surface area contributed by atoms with Crippen molar-refractivity contribution in [1.29, 1.82) is 5.26 Å². The summed E-state index contributed by atoms with van der Waals surface area (Å²) >= 11 is 0. The standard InChI is InChI=1S/C26H29NO2/c1-2-3-4-5-6-13-20-29-26(28)24(21-27)18-19-25(22-14-9-7-10-15-22)23-16-11-8-12-17-23/h7-12,14-19H,2-6,13,20H2,1H3/b24-18-. The van der Waals surface area contributed by atoms with Gasteiger partial charge in [-0.15, -0.1) is 0 Å². The van der Waals surface area contributed by atoms with Gasteiger partial charge in [-0.1, -0.05) is 106 Å². The van der Waals surface area contributed by atoms with E-state index in [4.69, 9.17) is 4.74 Å². The van der Waals surface area contributed by atoms with Crippen molar-refractivity contribution >= 4 is 11.5 Å². The lowest BCUT2D eigenvalue weighted by atomic mass is 9.97. The highest BCUT2D eigenvalue weighted by molar-refractivity contribution is 5.94. The van der Waals surface area contributed by atoms with Crippen LogP contribution in [0, 0.1) is 11.3 Å². The molecule has 0 radical (unpaired) electrons. The van der Waals surface area contributed by atoms with Crippen LogP contribution in [0.15, 0.2) is 78.4 Å². The average molecular weight is 388 g/mol. The summed E-state index contributed by atoms with van der Waals surface area (Å²) in [7, 11) is 0. The highest BCUT2D eigenvalue weighted by Crippen LogP contribution is 2.23. The molecule has 2 aromatic rings. The van der Waals surface area contributed by atoms with Crippen molar-refractivity contribution in [3.8, 4) is 6.07 Å².